The van der Waals surface area contributed by atoms with Crippen LogP contribution in [-0.4, -0.2) is 42.9 Å². The van der Waals surface area contributed by atoms with Crippen LogP contribution in [0.2, 0.25) is 0 Å². The fourth-order valence-electron chi connectivity index (χ4n) is 3.07. The smallest absolute Gasteiger partial charge is 0.175 e. The van der Waals surface area contributed by atoms with E-state index in [-0.39, 0.29) is 12.5 Å². The number of sulfone groups is 1. The van der Waals surface area contributed by atoms with E-state index >= 15 is 0 Å². The van der Waals surface area contributed by atoms with Crippen molar-refractivity contribution in [2.24, 2.45) is 0 Å². The second-order valence-electron chi connectivity index (χ2n) is 6.11. The van der Waals surface area contributed by atoms with Gasteiger partial charge in [-0.2, -0.15) is 0 Å². The second kappa shape index (κ2) is 5.98. The molecule has 0 aliphatic carbocycles. The van der Waals surface area contributed by atoms with Gasteiger partial charge in [0, 0.05) is 37.2 Å². The highest BCUT2D eigenvalue weighted by molar-refractivity contribution is 7.90. The van der Waals surface area contributed by atoms with E-state index in [1.807, 2.05) is 6.92 Å². The summed E-state index contributed by atoms with van der Waals surface area (Å²) >= 11 is 0. The highest BCUT2D eigenvalue weighted by atomic mass is 32.2. The molecule has 0 fully saturated rings. The molecule has 1 unspecified atom stereocenters. The first-order valence-electron chi connectivity index (χ1n) is 7.60. The van der Waals surface area contributed by atoms with Gasteiger partial charge >= 0.3 is 0 Å². The summed E-state index contributed by atoms with van der Waals surface area (Å²) in [6.45, 7) is 3.40. The summed E-state index contributed by atoms with van der Waals surface area (Å²) in [6.07, 6.45) is 5.48. The van der Waals surface area contributed by atoms with Crippen LogP contribution in [0.1, 0.15) is 29.7 Å². The number of nitrogens with one attached hydrogen (secondary N) is 1. The van der Waals surface area contributed by atoms with Crippen molar-refractivity contribution in [3.63, 3.8) is 0 Å². The Hall–Kier alpha value is -1.86. The lowest BCUT2D eigenvalue weighted by molar-refractivity contribution is 0.272. The Morgan fingerprint density at radius 2 is 2.22 bits per heavy atom. The topological polar surface area (TPSA) is 86.3 Å². The highest BCUT2D eigenvalue weighted by Crippen LogP contribution is 2.37. The predicted octanol–water partition coefficient (Wildman–Crippen LogP) is 1.47. The van der Waals surface area contributed by atoms with Gasteiger partial charge in [0.1, 0.15) is 0 Å². The van der Waals surface area contributed by atoms with Gasteiger partial charge in [-0.25, -0.2) is 13.4 Å². The van der Waals surface area contributed by atoms with Crippen molar-refractivity contribution in [3.05, 3.63) is 41.5 Å². The molecule has 1 aromatic heterocycles. The van der Waals surface area contributed by atoms with Crippen molar-refractivity contribution in [1.29, 1.82) is 0 Å². The first-order chi connectivity index (χ1) is 10.9. The summed E-state index contributed by atoms with van der Waals surface area (Å²) in [5.41, 5.74) is 3.99. The normalized spacial score (nSPS) is 15.7. The van der Waals surface area contributed by atoms with Gasteiger partial charge in [0.15, 0.2) is 9.84 Å². The molecule has 1 aromatic carbocycles. The van der Waals surface area contributed by atoms with Crippen molar-refractivity contribution >= 4 is 15.5 Å². The fraction of sp³-hybridized carbons (Fsp3) is 0.438. The van der Waals surface area contributed by atoms with Crippen LogP contribution in [0.4, 0.5) is 5.69 Å². The van der Waals surface area contributed by atoms with Crippen LogP contribution in [-0.2, 0) is 22.8 Å². The number of aliphatic hydroxyl groups is 1. The Balaban J connectivity index is 2.07. The van der Waals surface area contributed by atoms with Gasteiger partial charge in [-0.3, -0.25) is 0 Å². The Morgan fingerprint density at radius 1 is 1.43 bits per heavy atom. The number of H-pyrrole nitrogens is 1. The van der Waals surface area contributed by atoms with E-state index in [1.165, 1.54) is 6.26 Å². The largest absolute Gasteiger partial charge is 0.396 e. The molecule has 6 nitrogen and oxygen atoms in total. The number of nitrogens with zero attached hydrogens (tertiary/aromatic N) is 2. The van der Waals surface area contributed by atoms with E-state index in [9.17, 15) is 13.5 Å². The summed E-state index contributed by atoms with van der Waals surface area (Å²) in [4.78, 5) is 9.57. The predicted molar refractivity (Wildman–Crippen MR) is 88.4 cm³/mol. The Morgan fingerprint density at radius 3 is 2.83 bits per heavy atom. The maximum Gasteiger partial charge on any atom is 0.175 e. The number of imidazole rings is 1. The van der Waals surface area contributed by atoms with Crippen LogP contribution in [0.15, 0.2) is 29.6 Å². The number of hydrogen-bond acceptors (Lipinski definition) is 5. The number of aromatic nitrogens is 2. The van der Waals surface area contributed by atoms with Gasteiger partial charge in [0.25, 0.3) is 0 Å². The minimum Gasteiger partial charge on any atom is -0.396 e. The van der Waals surface area contributed by atoms with Crippen molar-refractivity contribution < 1.29 is 13.5 Å². The second-order valence-corrected chi connectivity index (χ2v) is 8.13. The van der Waals surface area contributed by atoms with Crippen LogP contribution in [0.25, 0.3) is 0 Å². The zero-order valence-corrected chi connectivity index (χ0v) is 14.1. The van der Waals surface area contributed by atoms with Crippen LogP contribution >= 0.6 is 0 Å². The van der Waals surface area contributed by atoms with Gasteiger partial charge in [-0.1, -0.05) is 6.92 Å². The molecule has 3 rings (SSSR count). The number of aliphatic hydroxyl groups excluding tert-OH is 1. The number of anilines is 1. The minimum atomic E-state index is -3.30. The van der Waals surface area contributed by atoms with Gasteiger partial charge in [0.2, 0.25) is 0 Å². The molecule has 0 bridgehead atoms. The molecule has 2 N–H and O–H groups in total. The SMILES string of the molecule is CC(CO)c1cc(S(C)(=O)=O)cc2c1CCN2Cc1cnc[nH]1. The standard InChI is InChI=1S/C16H21N3O3S/c1-11(9-20)15-5-13(23(2,21)22)6-16-14(15)3-4-19(16)8-12-7-17-10-18-12/h5-7,10-11,20H,3-4,8-9H2,1-2H3,(H,17,18). The molecule has 124 valence electrons. The zero-order valence-electron chi connectivity index (χ0n) is 13.3. The summed E-state index contributed by atoms with van der Waals surface area (Å²) in [5, 5.41) is 9.51. The molecular weight excluding hydrogens is 314 g/mol. The monoisotopic (exact) mass is 335 g/mol. The van der Waals surface area contributed by atoms with Crippen LogP contribution in [0.3, 0.4) is 0 Å². The molecule has 1 aliphatic rings. The Labute approximate surface area is 136 Å². The molecule has 7 heteroatoms. The van der Waals surface area contributed by atoms with E-state index < -0.39 is 9.84 Å². The molecule has 0 saturated carbocycles. The average molecular weight is 335 g/mol. The van der Waals surface area contributed by atoms with Gasteiger partial charge in [0.05, 0.1) is 23.5 Å². The van der Waals surface area contributed by atoms with Gasteiger partial charge in [-0.05, 0) is 29.7 Å². The van der Waals surface area contributed by atoms with Crippen LogP contribution in [0, 0.1) is 0 Å². The van der Waals surface area contributed by atoms with Crippen LogP contribution < -0.4 is 4.90 Å². The maximum absolute atomic E-state index is 12.0. The molecule has 1 atom stereocenters. The lowest BCUT2D eigenvalue weighted by Gasteiger charge is -2.21. The Bertz CT molecular complexity index is 800. The molecule has 0 amide bonds. The number of fused-ring (bicyclic) bond motifs is 1. The van der Waals surface area contributed by atoms with Gasteiger partial charge < -0.3 is 15.0 Å². The Kier molecular flexibility index (Phi) is 4.16. The van der Waals surface area contributed by atoms with E-state index in [0.717, 1.165) is 35.5 Å². The minimum absolute atomic E-state index is 0.000202. The molecule has 0 spiro atoms. The summed E-state index contributed by atoms with van der Waals surface area (Å²) < 4.78 is 24.0. The van der Waals surface area contributed by atoms with Crippen molar-refractivity contribution in [2.75, 3.05) is 24.3 Å². The summed E-state index contributed by atoms with van der Waals surface area (Å²) in [7, 11) is -3.30. The van der Waals surface area contributed by atoms with E-state index in [0.29, 0.717) is 11.4 Å². The molecule has 23 heavy (non-hydrogen) atoms. The first-order valence-corrected chi connectivity index (χ1v) is 9.49. The van der Waals surface area contributed by atoms with Gasteiger partial charge in [-0.15, -0.1) is 0 Å². The summed E-state index contributed by atoms with van der Waals surface area (Å²) in [5.74, 6) is -0.0856. The number of hydrogen-bond donors (Lipinski definition) is 2. The average Bonchev–Trinajstić information content (AvgIpc) is 3.15. The van der Waals surface area contributed by atoms with Crippen molar-refractivity contribution in [1.82, 2.24) is 9.97 Å². The van der Waals surface area contributed by atoms with Crippen LogP contribution in [0.5, 0.6) is 0 Å². The van der Waals surface area contributed by atoms with Crippen molar-refractivity contribution in [2.45, 2.75) is 30.7 Å². The number of aromatic amines is 1. The third-order valence-corrected chi connectivity index (χ3v) is 5.45. The number of benzene rings is 1. The molecular formula is C16H21N3O3S. The quantitative estimate of drug-likeness (QED) is 0.864. The maximum atomic E-state index is 12.0. The van der Waals surface area contributed by atoms with E-state index in [1.54, 1.807) is 24.7 Å². The van der Waals surface area contributed by atoms with Crippen molar-refractivity contribution in [3.8, 4) is 0 Å². The molecule has 1 aliphatic heterocycles. The van der Waals surface area contributed by atoms with E-state index in [2.05, 4.69) is 14.9 Å². The fourth-order valence-corrected chi connectivity index (χ4v) is 3.73. The molecule has 0 saturated heterocycles. The lowest BCUT2D eigenvalue weighted by atomic mass is 9.94. The molecule has 0 radical (unpaired) electrons. The first kappa shape index (κ1) is 16.0. The molecule has 2 heterocycles. The third-order valence-electron chi connectivity index (χ3n) is 4.36. The molecule has 2 aromatic rings. The van der Waals surface area contributed by atoms with E-state index in [4.69, 9.17) is 0 Å². The highest BCUT2D eigenvalue weighted by Gasteiger charge is 2.26. The zero-order chi connectivity index (χ0) is 16.6. The lowest BCUT2D eigenvalue weighted by Crippen LogP contribution is -2.20. The summed E-state index contributed by atoms with van der Waals surface area (Å²) in [6, 6.07) is 3.47. The number of rotatable bonds is 5. The third kappa shape index (κ3) is 3.11.